The molecule has 0 aromatic heterocycles. The molecule has 0 aliphatic carbocycles. The third-order valence-corrected chi connectivity index (χ3v) is 6.79. The molecule has 10 nitrogen and oxygen atoms in total. The average molecular weight is 495 g/mol. The highest BCUT2D eigenvalue weighted by atomic mass is 32.2. The molecule has 0 bridgehead atoms. The minimum absolute atomic E-state index is 0.0328. The van der Waals surface area contributed by atoms with E-state index in [4.69, 9.17) is 18.9 Å². The number of carbonyl (C=O) groups is 3. The molecule has 11 heteroatoms. The van der Waals surface area contributed by atoms with E-state index in [1.807, 2.05) is 13.8 Å². The Bertz CT molecular complexity index is 995. The largest absolute Gasteiger partial charge is 0.493 e. The van der Waals surface area contributed by atoms with Crippen molar-refractivity contribution in [2.75, 3.05) is 33.2 Å². The van der Waals surface area contributed by atoms with Crippen molar-refractivity contribution in [1.29, 1.82) is 0 Å². The van der Waals surface area contributed by atoms with Crippen LogP contribution in [0.25, 0.3) is 0 Å². The molecule has 2 N–H and O–H groups in total. The molecule has 186 valence electrons. The number of amides is 2. The summed E-state index contributed by atoms with van der Waals surface area (Å²) in [7, 11) is 3.02. The number of aliphatic carboxylic acids is 1. The fourth-order valence-corrected chi connectivity index (χ4v) is 5.30. The molecular weight excluding hydrogens is 464 g/mol. The monoisotopic (exact) mass is 494 g/mol. The molecule has 2 aliphatic rings. The first-order valence-electron chi connectivity index (χ1n) is 10.9. The van der Waals surface area contributed by atoms with Gasteiger partial charge < -0.3 is 29.4 Å². The van der Waals surface area contributed by atoms with Crippen molar-refractivity contribution in [3.8, 4) is 11.5 Å². The molecule has 2 heterocycles. The number of ether oxygens (including phenoxy) is 4. The predicted octanol–water partition coefficient (Wildman–Crippen LogP) is 1.77. The molecule has 34 heavy (non-hydrogen) atoms. The summed E-state index contributed by atoms with van der Waals surface area (Å²) in [5, 5.41) is 11.8. The Morgan fingerprint density at radius 2 is 1.97 bits per heavy atom. The molecule has 1 fully saturated rings. The third kappa shape index (κ3) is 4.86. The average Bonchev–Trinajstić information content (AvgIpc) is 2.81. The summed E-state index contributed by atoms with van der Waals surface area (Å²) in [5.74, 6) is -0.929. The van der Waals surface area contributed by atoms with Gasteiger partial charge in [-0.2, -0.15) is 0 Å². The second-order valence-corrected chi connectivity index (χ2v) is 9.11. The van der Waals surface area contributed by atoms with Gasteiger partial charge in [0.25, 0.3) is 11.6 Å². The summed E-state index contributed by atoms with van der Waals surface area (Å²) in [6.45, 7) is 5.67. The lowest BCUT2D eigenvalue weighted by molar-refractivity contribution is -0.197. The van der Waals surface area contributed by atoms with E-state index in [0.29, 0.717) is 28.4 Å². The third-order valence-electron chi connectivity index (χ3n) is 5.41. The van der Waals surface area contributed by atoms with Crippen LogP contribution < -0.4 is 14.8 Å². The van der Waals surface area contributed by atoms with Crippen molar-refractivity contribution in [3.05, 3.63) is 35.0 Å². The molecule has 1 aromatic rings. The highest BCUT2D eigenvalue weighted by Gasteiger charge is 2.66. The maximum Gasteiger partial charge on any atom is 0.352 e. The molecule has 2 aliphatic heterocycles. The Morgan fingerprint density at radius 1 is 1.26 bits per heavy atom. The quantitative estimate of drug-likeness (QED) is 0.350. The van der Waals surface area contributed by atoms with E-state index in [9.17, 15) is 19.5 Å². The lowest BCUT2D eigenvalue weighted by Gasteiger charge is -2.56. The first-order chi connectivity index (χ1) is 16.2. The maximum atomic E-state index is 13.3. The minimum Gasteiger partial charge on any atom is -0.493 e. The van der Waals surface area contributed by atoms with Gasteiger partial charge in [0, 0.05) is 12.4 Å². The summed E-state index contributed by atoms with van der Waals surface area (Å²) in [6, 6.07) is 5.10. The fraction of sp³-hybridized carbons (Fsp3) is 0.522. The van der Waals surface area contributed by atoms with Crippen molar-refractivity contribution in [3.63, 3.8) is 0 Å². The maximum absolute atomic E-state index is 13.3. The number of hydrogen-bond acceptors (Lipinski definition) is 8. The lowest BCUT2D eigenvalue weighted by Crippen LogP contribution is -2.81. The van der Waals surface area contributed by atoms with E-state index in [1.165, 1.54) is 30.9 Å². The van der Waals surface area contributed by atoms with E-state index in [1.54, 1.807) is 25.1 Å². The summed E-state index contributed by atoms with van der Waals surface area (Å²) in [5.41, 5.74) is -0.588. The molecule has 0 radical (unpaired) electrons. The normalized spacial score (nSPS) is 21.8. The summed E-state index contributed by atoms with van der Waals surface area (Å²) >= 11 is 1.33. The molecule has 3 rings (SSSR count). The van der Waals surface area contributed by atoms with Crippen LogP contribution in [0.15, 0.2) is 29.5 Å². The zero-order valence-corrected chi connectivity index (χ0v) is 20.7. The van der Waals surface area contributed by atoms with E-state index < -0.39 is 28.9 Å². The minimum atomic E-state index is -1.64. The fourth-order valence-electron chi connectivity index (χ4n) is 3.91. The first kappa shape index (κ1) is 25.9. The Labute approximate surface area is 202 Å². The van der Waals surface area contributed by atoms with Gasteiger partial charge in [0.1, 0.15) is 11.1 Å². The zero-order chi connectivity index (χ0) is 25.0. The number of rotatable bonds is 11. The van der Waals surface area contributed by atoms with Gasteiger partial charge in [0.05, 0.1) is 33.4 Å². The second-order valence-electron chi connectivity index (χ2n) is 8.04. The Balaban J connectivity index is 1.81. The van der Waals surface area contributed by atoms with Gasteiger partial charge in [-0.05, 0) is 44.0 Å². The van der Waals surface area contributed by atoms with E-state index in [-0.39, 0.29) is 31.4 Å². The van der Waals surface area contributed by atoms with Crippen LogP contribution in [-0.4, -0.2) is 78.2 Å². The number of benzene rings is 1. The van der Waals surface area contributed by atoms with E-state index in [0.717, 1.165) is 0 Å². The molecule has 2 atom stereocenters. The second kappa shape index (κ2) is 10.7. The Kier molecular flexibility index (Phi) is 8.11. The highest BCUT2D eigenvalue weighted by Crippen LogP contribution is 2.47. The van der Waals surface area contributed by atoms with Crippen molar-refractivity contribution in [2.45, 2.75) is 44.4 Å². The van der Waals surface area contributed by atoms with Gasteiger partial charge >= 0.3 is 5.97 Å². The van der Waals surface area contributed by atoms with Gasteiger partial charge in [0.2, 0.25) is 5.91 Å². The van der Waals surface area contributed by atoms with Crippen molar-refractivity contribution < 1.29 is 38.4 Å². The van der Waals surface area contributed by atoms with Crippen molar-refractivity contribution in [1.82, 2.24) is 10.2 Å². The summed E-state index contributed by atoms with van der Waals surface area (Å²) < 4.78 is 21.8. The van der Waals surface area contributed by atoms with Crippen molar-refractivity contribution >= 4 is 29.5 Å². The number of nitrogens with one attached hydrogen (secondary N) is 1. The number of methoxy groups -OCH3 is 2. The number of carbonyl (C=O) groups excluding carboxylic acids is 2. The number of carboxylic acid groups (broad SMARTS) is 1. The van der Waals surface area contributed by atoms with Crippen LogP contribution in [0, 0.1) is 0 Å². The molecule has 1 saturated heterocycles. The van der Waals surface area contributed by atoms with Crippen LogP contribution in [0.3, 0.4) is 0 Å². The van der Waals surface area contributed by atoms with Gasteiger partial charge in [-0.15, -0.1) is 11.8 Å². The number of hydrogen-bond donors (Lipinski definition) is 2. The van der Waals surface area contributed by atoms with Gasteiger partial charge in [0.15, 0.2) is 11.5 Å². The van der Waals surface area contributed by atoms with Crippen molar-refractivity contribution in [2.24, 2.45) is 0 Å². The standard InChI is InChI=1S/C23H30N2O8S/c1-6-33-23(24-18(26)10-14-7-8-16(30-4)17(9-14)31-5)21(29)25-19(20(27)28)15(11-32-13(2)3)12-34-22(23)25/h7-9,13,22H,6,10-12H2,1-5H3,(H,24,26)(H,27,28)/t22-,23?/m1/s1. The molecule has 2 amide bonds. The van der Waals surface area contributed by atoms with Gasteiger partial charge in [-0.3, -0.25) is 14.5 Å². The van der Waals surface area contributed by atoms with Gasteiger partial charge in [-0.25, -0.2) is 4.79 Å². The van der Waals surface area contributed by atoms with Crippen LogP contribution >= 0.6 is 11.8 Å². The SMILES string of the molecule is CCOC1(NC(=O)Cc2ccc(OC)c(OC)c2)C(=O)N2C(C(=O)O)=C(COC(C)C)CS[C@@H]21. The molecular formula is C23H30N2O8S. The number of fused-ring (bicyclic) bond motifs is 1. The molecule has 0 saturated carbocycles. The predicted molar refractivity (Wildman–Crippen MR) is 125 cm³/mol. The van der Waals surface area contributed by atoms with Crippen LogP contribution in [0.1, 0.15) is 26.3 Å². The topological polar surface area (TPSA) is 124 Å². The Hall–Kier alpha value is -2.76. The molecule has 1 unspecified atom stereocenters. The first-order valence-corrected chi connectivity index (χ1v) is 11.9. The van der Waals surface area contributed by atoms with Crippen LogP contribution in [0.4, 0.5) is 0 Å². The van der Waals surface area contributed by atoms with E-state index in [2.05, 4.69) is 5.32 Å². The van der Waals surface area contributed by atoms with Crippen LogP contribution in [-0.2, 0) is 30.3 Å². The number of nitrogens with zero attached hydrogens (tertiary/aromatic N) is 1. The lowest BCUT2D eigenvalue weighted by atomic mass is 9.97. The molecule has 1 aromatic carbocycles. The van der Waals surface area contributed by atoms with Crippen LogP contribution in [0.2, 0.25) is 0 Å². The Morgan fingerprint density at radius 3 is 2.56 bits per heavy atom. The number of β-lactam (4-membered cyclic amide) rings is 1. The molecule has 0 spiro atoms. The number of thioether (sulfide) groups is 1. The number of carboxylic acids is 1. The highest BCUT2D eigenvalue weighted by molar-refractivity contribution is 8.00. The summed E-state index contributed by atoms with van der Waals surface area (Å²) in [4.78, 5) is 39.4. The van der Waals surface area contributed by atoms with Gasteiger partial charge in [-0.1, -0.05) is 6.07 Å². The van der Waals surface area contributed by atoms with Crippen LogP contribution in [0.5, 0.6) is 11.5 Å². The zero-order valence-electron chi connectivity index (χ0n) is 19.9. The smallest absolute Gasteiger partial charge is 0.352 e. The summed E-state index contributed by atoms with van der Waals surface area (Å²) in [6.07, 6.45) is -0.120. The van der Waals surface area contributed by atoms with E-state index >= 15 is 0 Å².